The van der Waals surface area contributed by atoms with Crippen molar-refractivity contribution >= 4 is 23.5 Å². The van der Waals surface area contributed by atoms with Gasteiger partial charge in [-0.1, -0.05) is 41.9 Å². The van der Waals surface area contributed by atoms with Gasteiger partial charge in [0, 0.05) is 22.2 Å². The van der Waals surface area contributed by atoms with Gasteiger partial charge in [0.05, 0.1) is 19.3 Å². The van der Waals surface area contributed by atoms with Gasteiger partial charge in [0.25, 0.3) is 0 Å². The van der Waals surface area contributed by atoms with Crippen molar-refractivity contribution in [2.24, 2.45) is 0 Å². The minimum absolute atomic E-state index is 0.166. The monoisotopic (exact) mass is 436 g/mol. The van der Waals surface area contributed by atoms with Gasteiger partial charge in [-0.2, -0.15) is 0 Å². The first-order chi connectivity index (χ1) is 15.1. The van der Waals surface area contributed by atoms with Crippen molar-refractivity contribution in [2.45, 2.75) is 13.2 Å². The normalized spacial score (nSPS) is 12.8. The molecule has 0 saturated heterocycles. The largest absolute Gasteiger partial charge is 0.497 e. The number of methoxy groups -OCH3 is 1. The third kappa shape index (κ3) is 5.08. The molecule has 0 spiro atoms. The van der Waals surface area contributed by atoms with Crippen molar-refractivity contribution in [1.29, 1.82) is 0 Å². The average molecular weight is 437 g/mol. The maximum Gasteiger partial charge on any atom is 0.189 e. The van der Waals surface area contributed by atoms with Gasteiger partial charge in [-0.25, -0.2) is 0 Å². The van der Waals surface area contributed by atoms with Crippen molar-refractivity contribution in [3.8, 4) is 17.2 Å². The van der Waals surface area contributed by atoms with Crippen LogP contribution in [0.25, 0.3) is 6.08 Å². The molecule has 0 aliphatic carbocycles. The predicted octanol–water partition coefficient (Wildman–Crippen LogP) is 5.69. The highest BCUT2D eigenvalue weighted by Crippen LogP contribution is 2.33. The van der Waals surface area contributed by atoms with Crippen LogP contribution in [0.15, 0.2) is 66.7 Å². The second-order valence-corrected chi connectivity index (χ2v) is 7.36. The molecule has 0 fully saturated rings. The molecule has 1 heterocycles. The van der Waals surface area contributed by atoms with Gasteiger partial charge in [0.2, 0.25) is 0 Å². The van der Waals surface area contributed by atoms with Crippen LogP contribution in [0.4, 0.5) is 0 Å². The maximum absolute atomic E-state index is 13.0. The maximum atomic E-state index is 13.0. The van der Waals surface area contributed by atoms with E-state index in [4.69, 9.17) is 30.5 Å². The van der Waals surface area contributed by atoms with Gasteiger partial charge in [-0.3, -0.25) is 4.79 Å². The van der Waals surface area contributed by atoms with E-state index in [1.54, 1.807) is 43.5 Å². The molecule has 3 aromatic carbocycles. The van der Waals surface area contributed by atoms with E-state index in [9.17, 15) is 4.79 Å². The first-order valence-corrected chi connectivity index (χ1v) is 10.1. The molecular formula is C25H21ClO5. The fraction of sp³-hybridized carbons (Fsp3) is 0.160. The Hall–Kier alpha value is -3.28. The molecule has 6 heteroatoms. The van der Waals surface area contributed by atoms with Crippen LogP contribution >= 0.6 is 11.6 Å². The van der Waals surface area contributed by atoms with Gasteiger partial charge in [0.1, 0.15) is 23.9 Å². The number of allylic oxidation sites excluding steroid dienone is 1. The molecule has 4 rings (SSSR count). The number of halogens is 1. The molecule has 0 bridgehead atoms. The fourth-order valence-electron chi connectivity index (χ4n) is 3.28. The molecule has 0 amide bonds. The Morgan fingerprint density at radius 1 is 1.13 bits per heavy atom. The number of ketones is 1. The topological polar surface area (TPSA) is 54.0 Å². The van der Waals surface area contributed by atoms with Crippen molar-refractivity contribution in [1.82, 2.24) is 0 Å². The Labute approximate surface area is 185 Å². The van der Waals surface area contributed by atoms with Crippen molar-refractivity contribution < 1.29 is 23.7 Å². The molecule has 0 unspecified atom stereocenters. The summed E-state index contributed by atoms with van der Waals surface area (Å²) in [4.78, 5) is 13.0. The van der Waals surface area contributed by atoms with Crippen LogP contribution in [0.1, 0.15) is 27.0 Å². The molecule has 1 aliphatic rings. The van der Waals surface area contributed by atoms with Crippen molar-refractivity contribution in [2.75, 3.05) is 13.9 Å². The van der Waals surface area contributed by atoms with Crippen LogP contribution in [0.2, 0.25) is 5.02 Å². The number of ether oxygens (including phenoxy) is 4. The van der Waals surface area contributed by atoms with Gasteiger partial charge >= 0.3 is 0 Å². The summed E-state index contributed by atoms with van der Waals surface area (Å²) in [5.74, 6) is 1.54. The van der Waals surface area contributed by atoms with E-state index in [2.05, 4.69) is 0 Å². The number of hydrogen-bond acceptors (Lipinski definition) is 5. The molecule has 1 aliphatic heterocycles. The van der Waals surface area contributed by atoms with E-state index in [1.807, 2.05) is 30.3 Å². The third-order valence-electron chi connectivity index (χ3n) is 4.81. The van der Waals surface area contributed by atoms with Gasteiger partial charge in [0.15, 0.2) is 12.6 Å². The summed E-state index contributed by atoms with van der Waals surface area (Å²) < 4.78 is 22.2. The zero-order valence-corrected chi connectivity index (χ0v) is 17.7. The molecule has 0 radical (unpaired) electrons. The number of carbonyl (C=O) groups excluding carboxylic acids is 1. The lowest BCUT2D eigenvalue weighted by molar-refractivity contribution is -0.0165. The highest BCUT2D eigenvalue weighted by atomic mass is 35.5. The highest BCUT2D eigenvalue weighted by molar-refractivity contribution is 6.30. The summed E-state index contributed by atoms with van der Waals surface area (Å²) >= 11 is 6.21. The Morgan fingerprint density at radius 2 is 1.97 bits per heavy atom. The molecule has 0 atom stereocenters. The lowest BCUT2D eigenvalue weighted by Gasteiger charge is -2.19. The van der Waals surface area contributed by atoms with E-state index in [-0.39, 0.29) is 12.6 Å². The highest BCUT2D eigenvalue weighted by Gasteiger charge is 2.16. The SMILES string of the molecule is COc1ccc(C(=O)/C=C/c2cc(Cl)cc3c2OCOC3)c(OCc2ccccc2)c1. The smallest absolute Gasteiger partial charge is 0.189 e. The fourth-order valence-corrected chi connectivity index (χ4v) is 3.52. The van der Waals surface area contributed by atoms with Crippen LogP contribution in [-0.2, 0) is 18.0 Å². The first-order valence-electron chi connectivity index (χ1n) is 9.74. The van der Waals surface area contributed by atoms with Crippen LogP contribution < -0.4 is 14.2 Å². The lowest BCUT2D eigenvalue weighted by Crippen LogP contribution is -2.12. The summed E-state index contributed by atoms with van der Waals surface area (Å²) in [6, 6.07) is 18.5. The van der Waals surface area contributed by atoms with E-state index >= 15 is 0 Å². The van der Waals surface area contributed by atoms with Crippen molar-refractivity contribution in [3.05, 3.63) is 94.0 Å². The molecule has 5 nitrogen and oxygen atoms in total. The number of rotatable bonds is 7. The van der Waals surface area contributed by atoms with Crippen LogP contribution in [0.5, 0.6) is 17.2 Å². The standard InChI is InChI=1S/C25H21ClO5/c1-28-21-8-9-22(24(13-21)30-14-17-5-3-2-4-6-17)23(27)10-7-18-11-20(26)12-19-15-29-16-31-25(18)19/h2-13H,14-16H2,1H3/b10-7+. The minimum Gasteiger partial charge on any atom is -0.497 e. The first kappa shape index (κ1) is 21.0. The Morgan fingerprint density at radius 3 is 2.77 bits per heavy atom. The number of hydrogen-bond donors (Lipinski definition) is 0. The summed E-state index contributed by atoms with van der Waals surface area (Å²) in [7, 11) is 1.57. The van der Waals surface area contributed by atoms with Crippen molar-refractivity contribution in [3.63, 3.8) is 0 Å². The summed E-state index contributed by atoms with van der Waals surface area (Å²) in [6.07, 6.45) is 3.19. The summed E-state index contributed by atoms with van der Waals surface area (Å²) in [6.45, 7) is 0.924. The van der Waals surface area contributed by atoms with Crippen LogP contribution in [-0.4, -0.2) is 19.7 Å². The molecular weight excluding hydrogens is 416 g/mol. The number of carbonyl (C=O) groups is 1. The van der Waals surface area contributed by atoms with Gasteiger partial charge in [-0.05, 0) is 42.0 Å². The molecule has 3 aromatic rings. The summed E-state index contributed by atoms with van der Waals surface area (Å²) in [5, 5.41) is 0.552. The predicted molar refractivity (Wildman–Crippen MR) is 119 cm³/mol. The molecule has 0 N–H and O–H groups in total. The third-order valence-corrected chi connectivity index (χ3v) is 5.03. The second-order valence-electron chi connectivity index (χ2n) is 6.93. The van der Waals surface area contributed by atoms with E-state index in [0.717, 1.165) is 16.7 Å². The minimum atomic E-state index is -0.202. The van der Waals surface area contributed by atoms with Crippen LogP contribution in [0, 0.1) is 0 Å². The average Bonchev–Trinajstić information content (AvgIpc) is 2.81. The van der Waals surface area contributed by atoms with E-state index in [1.165, 1.54) is 6.08 Å². The molecule has 158 valence electrons. The number of fused-ring (bicyclic) bond motifs is 1. The van der Waals surface area contributed by atoms with Gasteiger partial charge in [-0.15, -0.1) is 0 Å². The quantitative estimate of drug-likeness (QED) is 0.352. The zero-order chi connectivity index (χ0) is 21.6. The van der Waals surface area contributed by atoms with Crippen LogP contribution in [0.3, 0.4) is 0 Å². The molecule has 0 saturated carbocycles. The zero-order valence-electron chi connectivity index (χ0n) is 17.0. The Balaban J connectivity index is 1.59. The van der Waals surface area contributed by atoms with Gasteiger partial charge < -0.3 is 18.9 Å². The Kier molecular flexibility index (Phi) is 6.55. The number of benzene rings is 3. The molecule has 31 heavy (non-hydrogen) atoms. The second kappa shape index (κ2) is 9.69. The summed E-state index contributed by atoms with van der Waals surface area (Å²) in [5.41, 5.74) is 3.01. The van der Waals surface area contributed by atoms with E-state index < -0.39 is 0 Å². The molecule has 0 aromatic heterocycles. The lowest BCUT2D eigenvalue weighted by atomic mass is 10.0. The van der Waals surface area contributed by atoms with E-state index in [0.29, 0.717) is 41.0 Å². The Bertz CT molecular complexity index is 1110.